The first-order valence-electron chi connectivity index (χ1n) is 5.67. The molecule has 0 amide bonds. The standard InChI is InChI=1S/C10H13N2S.C3H8.K/c1-3-11-10(13)12-9-7-5-4-6-8(9)2;1-3-2;/h5-7H,3H2,1-2H3,(H2,11,12,13);3H2,1-2H3;/q-1;;+1. The van der Waals surface area contributed by atoms with Crippen molar-refractivity contribution in [2.24, 2.45) is 0 Å². The number of anilines is 1. The smallest absolute Gasteiger partial charge is 0.363 e. The van der Waals surface area contributed by atoms with Gasteiger partial charge in [0.1, 0.15) is 0 Å². The van der Waals surface area contributed by atoms with Crippen LogP contribution in [0.3, 0.4) is 0 Å². The molecule has 0 aliphatic heterocycles. The Kier molecular flexibility index (Phi) is 15.2. The van der Waals surface area contributed by atoms with Gasteiger partial charge in [0.05, 0.1) is 0 Å². The summed E-state index contributed by atoms with van der Waals surface area (Å²) in [5.74, 6) is 0. The van der Waals surface area contributed by atoms with Crippen LogP contribution in [0.1, 0.15) is 32.8 Å². The van der Waals surface area contributed by atoms with E-state index in [1.54, 1.807) is 0 Å². The summed E-state index contributed by atoms with van der Waals surface area (Å²) in [5, 5.41) is 6.81. The molecule has 0 bridgehead atoms. The van der Waals surface area contributed by atoms with E-state index in [4.69, 9.17) is 12.2 Å². The number of aryl methyl sites for hydroxylation is 1. The third-order valence-corrected chi connectivity index (χ3v) is 1.90. The second kappa shape index (κ2) is 13.0. The van der Waals surface area contributed by atoms with Crippen LogP contribution < -0.4 is 62.0 Å². The van der Waals surface area contributed by atoms with E-state index in [-0.39, 0.29) is 51.4 Å². The van der Waals surface area contributed by atoms with Crippen molar-refractivity contribution in [2.45, 2.75) is 34.1 Å². The molecular weight excluding hydrogens is 255 g/mol. The van der Waals surface area contributed by atoms with Crippen LogP contribution in [0.2, 0.25) is 0 Å². The van der Waals surface area contributed by atoms with Crippen molar-refractivity contribution in [3.05, 3.63) is 29.8 Å². The van der Waals surface area contributed by atoms with E-state index in [2.05, 4.69) is 30.5 Å². The zero-order chi connectivity index (χ0) is 12.4. The maximum Gasteiger partial charge on any atom is 1.00 e. The number of benzene rings is 1. The number of rotatable bonds is 2. The Bertz CT molecular complexity index is 316. The molecule has 90 valence electrons. The molecular formula is C13H21KN2S. The van der Waals surface area contributed by atoms with Gasteiger partial charge < -0.3 is 10.6 Å². The molecule has 1 aromatic carbocycles. The molecule has 0 spiro atoms. The van der Waals surface area contributed by atoms with Crippen LogP contribution in [-0.4, -0.2) is 11.7 Å². The SMILES string of the molecule is CCC.CCNC(=S)Nc1cc[c-]cc1C.[K+]. The number of hydrogen-bond acceptors (Lipinski definition) is 1. The molecule has 1 aromatic rings. The van der Waals surface area contributed by atoms with Crippen LogP contribution in [-0.2, 0) is 0 Å². The van der Waals surface area contributed by atoms with Crippen LogP contribution in [0.15, 0.2) is 18.2 Å². The largest absolute Gasteiger partial charge is 1.00 e. The van der Waals surface area contributed by atoms with Crippen molar-refractivity contribution in [1.29, 1.82) is 0 Å². The Labute approximate surface area is 153 Å². The average molecular weight is 276 g/mol. The summed E-state index contributed by atoms with van der Waals surface area (Å²) >= 11 is 5.06. The van der Waals surface area contributed by atoms with Crippen molar-refractivity contribution in [2.75, 3.05) is 11.9 Å². The Balaban J connectivity index is 0. The summed E-state index contributed by atoms with van der Waals surface area (Å²) in [6, 6.07) is 8.75. The van der Waals surface area contributed by atoms with Gasteiger partial charge in [-0.25, -0.2) is 0 Å². The van der Waals surface area contributed by atoms with Crippen molar-refractivity contribution in [3.63, 3.8) is 0 Å². The van der Waals surface area contributed by atoms with E-state index in [9.17, 15) is 0 Å². The van der Waals surface area contributed by atoms with Gasteiger partial charge in [-0.3, -0.25) is 0 Å². The zero-order valence-corrected chi connectivity index (χ0v) is 15.5. The Morgan fingerprint density at radius 3 is 2.41 bits per heavy atom. The predicted octanol–water partition coefficient (Wildman–Crippen LogP) is 0.522. The van der Waals surface area contributed by atoms with Crippen molar-refractivity contribution >= 4 is 23.0 Å². The molecule has 17 heavy (non-hydrogen) atoms. The minimum Gasteiger partial charge on any atom is -0.363 e. The topological polar surface area (TPSA) is 24.1 Å². The molecule has 0 fully saturated rings. The first-order valence-corrected chi connectivity index (χ1v) is 6.08. The quantitative estimate of drug-likeness (QED) is 0.468. The van der Waals surface area contributed by atoms with Gasteiger partial charge >= 0.3 is 51.4 Å². The van der Waals surface area contributed by atoms with Crippen molar-refractivity contribution < 1.29 is 51.4 Å². The van der Waals surface area contributed by atoms with E-state index in [1.807, 2.05) is 32.0 Å². The summed E-state index contributed by atoms with van der Waals surface area (Å²) in [6.07, 6.45) is 1.25. The summed E-state index contributed by atoms with van der Waals surface area (Å²) in [6.45, 7) is 9.12. The molecule has 0 heterocycles. The van der Waals surface area contributed by atoms with E-state index >= 15 is 0 Å². The minimum atomic E-state index is 0. The van der Waals surface area contributed by atoms with Gasteiger partial charge in [-0.15, -0.1) is 11.6 Å². The van der Waals surface area contributed by atoms with Gasteiger partial charge in [-0.2, -0.15) is 18.2 Å². The molecule has 2 nitrogen and oxygen atoms in total. The van der Waals surface area contributed by atoms with Crippen molar-refractivity contribution in [3.8, 4) is 0 Å². The average Bonchev–Trinajstić information content (AvgIpc) is 2.23. The zero-order valence-electron chi connectivity index (χ0n) is 11.6. The molecule has 0 radical (unpaired) electrons. The molecule has 0 aromatic heterocycles. The fraction of sp³-hybridized carbons (Fsp3) is 0.462. The third-order valence-electron chi connectivity index (χ3n) is 1.66. The van der Waals surface area contributed by atoms with Crippen molar-refractivity contribution in [1.82, 2.24) is 5.32 Å². The van der Waals surface area contributed by atoms with Crippen LogP contribution >= 0.6 is 12.2 Å². The fourth-order valence-electron chi connectivity index (χ4n) is 0.981. The van der Waals surface area contributed by atoms with E-state index in [0.29, 0.717) is 5.11 Å². The molecule has 0 aliphatic carbocycles. The van der Waals surface area contributed by atoms with Crippen LogP contribution in [0.5, 0.6) is 0 Å². The molecule has 0 saturated heterocycles. The van der Waals surface area contributed by atoms with Gasteiger partial charge in [-0.05, 0) is 19.1 Å². The van der Waals surface area contributed by atoms with Gasteiger partial charge in [-0.1, -0.05) is 32.9 Å². The fourth-order valence-corrected chi connectivity index (χ4v) is 1.24. The monoisotopic (exact) mass is 276 g/mol. The van der Waals surface area contributed by atoms with E-state index in [0.717, 1.165) is 17.8 Å². The summed E-state index contributed by atoms with van der Waals surface area (Å²) in [7, 11) is 0. The second-order valence-electron chi connectivity index (χ2n) is 3.43. The van der Waals surface area contributed by atoms with Gasteiger partial charge in [0.15, 0.2) is 5.11 Å². The molecule has 0 unspecified atom stereocenters. The van der Waals surface area contributed by atoms with Crippen LogP contribution in [0.25, 0.3) is 0 Å². The molecule has 4 heteroatoms. The maximum absolute atomic E-state index is 5.06. The molecule has 0 saturated carbocycles. The molecule has 1 rings (SSSR count). The minimum absolute atomic E-state index is 0. The van der Waals surface area contributed by atoms with E-state index < -0.39 is 0 Å². The normalized spacial score (nSPS) is 8.24. The van der Waals surface area contributed by atoms with E-state index in [1.165, 1.54) is 6.42 Å². The molecule has 2 N–H and O–H groups in total. The summed E-state index contributed by atoms with van der Waals surface area (Å²) in [4.78, 5) is 0. The second-order valence-corrected chi connectivity index (χ2v) is 3.84. The number of nitrogens with one attached hydrogen (secondary N) is 2. The summed E-state index contributed by atoms with van der Waals surface area (Å²) in [5.41, 5.74) is 2.17. The Morgan fingerprint density at radius 1 is 1.35 bits per heavy atom. The summed E-state index contributed by atoms with van der Waals surface area (Å²) < 4.78 is 0. The third kappa shape index (κ3) is 10.2. The van der Waals surface area contributed by atoms with Gasteiger partial charge in [0.2, 0.25) is 0 Å². The first-order chi connectivity index (χ1) is 7.65. The molecule has 0 atom stereocenters. The van der Waals surface area contributed by atoms with Gasteiger partial charge in [0, 0.05) is 6.54 Å². The molecule has 0 aliphatic rings. The first kappa shape index (κ1) is 19.9. The Hall–Kier alpha value is 0.546. The number of thiocarbonyl (C=S) groups is 1. The van der Waals surface area contributed by atoms with Crippen LogP contribution in [0.4, 0.5) is 5.69 Å². The van der Waals surface area contributed by atoms with Crippen LogP contribution in [0, 0.1) is 13.0 Å². The number of hydrogen-bond donors (Lipinski definition) is 2. The maximum atomic E-state index is 5.06. The predicted molar refractivity (Wildman–Crippen MR) is 75.9 cm³/mol. The Morgan fingerprint density at radius 2 is 1.94 bits per heavy atom. The van der Waals surface area contributed by atoms with Gasteiger partial charge in [0.25, 0.3) is 0 Å².